The maximum absolute atomic E-state index is 14.2. The van der Waals surface area contributed by atoms with Gasteiger partial charge in [0.2, 0.25) is 5.91 Å². The van der Waals surface area contributed by atoms with Gasteiger partial charge < -0.3 is 9.80 Å². The molecule has 2 aromatic heterocycles. The number of carbonyl (C=O) groups is 1. The van der Waals surface area contributed by atoms with Gasteiger partial charge in [-0.2, -0.15) is 10.1 Å². The van der Waals surface area contributed by atoms with Crippen molar-refractivity contribution in [3.63, 3.8) is 0 Å². The van der Waals surface area contributed by atoms with Crippen LogP contribution in [0.5, 0.6) is 0 Å². The maximum Gasteiger partial charge on any atom is 0.252 e. The van der Waals surface area contributed by atoms with E-state index in [4.69, 9.17) is 4.98 Å². The zero-order valence-corrected chi connectivity index (χ0v) is 17.8. The first-order valence-corrected chi connectivity index (χ1v) is 10.2. The van der Waals surface area contributed by atoms with Gasteiger partial charge in [0.25, 0.3) is 5.95 Å². The monoisotopic (exact) mass is 426 g/mol. The zero-order chi connectivity index (χ0) is 22.1. The van der Waals surface area contributed by atoms with E-state index >= 15 is 0 Å². The number of carbonyl (C=O) groups excluding carboxylic acids is 1. The maximum atomic E-state index is 14.2. The van der Waals surface area contributed by atoms with Crippen LogP contribution in [0, 0.1) is 25.5 Å². The summed E-state index contributed by atoms with van der Waals surface area (Å²) in [5.74, 6) is 0.124. The fourth-order valence-corrected chi connectivity index (χ4v) is 3.77. The smallest absolute Gasteiger partial charge is 0.252 e. The van der Waals surface area contributed by atoms with Gasteiger partial charge in [-0.15, -0.1) is 0 Å². The van der Waals surface area contributed by atoms with E-state index in [1.165, 1.54) is 6.07 Å². The Morgan fingerprint density at radius 3 is 2.42 bits per heavy atom. The lowest BCUT2D eigenvalue weighted by atomic mass is 10.1. The van der Waals surface area contributed by atoms with E-state index in [2.05, 4.69) is 15.0 Å². The lowest BCUT2D eigenvalue weighted by molar-refractivity contribution is -0.129. The van der Waals surface area contributed by atoms with Crippen LogP contribution in [0.3, 0.4) is 0 Å². The number of amides is 1. The molecule has 1 aromatic carbocycles. The third kappa shape index (κ3) is 4.55. The second-order valence-corrected chi connectivity index (χ2v) is 7.76. The third-order valence-corrected chi connectivity index (χ3v) is 5.38. The van der Waals surface area contributed by atoms with Gasteiger partial charge in [-0.05, 0) is 43.7 Å². The van der Waals surface area contributed by atoms with Crippen molar-refractivity contribution in [2.45, 2.75) is 27.2 Å². The second-order valence-electron chi connectivity index (χ2n) is 7.76. The van der Waals surface area contributed by atoms with Crippen molar-refractivity contribution in [3.05, 3.63) is 64.6 Å². The van der Waals surface area contributed by atoms with E-state index in [0.29, 0.717) is 43.6 Å². The van der Waals surface area contributed by atoms with Crippen molar-refractivity contribution < 1.29 is 13.6 Å². The van der Waals surface area contributed by atoms with Crippen LogP contribution in [0.15, 0.2) is 30.3 Å². The first-order chi connectivity index (χ1) is 14.8. The van der Waals surface area contributed by atoms with E-state index in [9.17, 15) is 13.6 Å². The lowest BCUT2D eigenvalue weighted by Crippen LogP contribution is -2.48. The molecular formula is C22H24F2N6O. The van der Waals surface area contributed by atoms with E-state index < -0.39 is 11.6 Å². The Morgan fingerprint density at radius 2 is 1.77 bits per heavy atom. The summed E-state index contributed by atoms with van der Waals surface area (Å²) in [5, 5.41) is 4.47. The number of rotatable bonds is 4. The summed E-state index contributed by atoms with van der Waals surface area (Å²) in [6.45, 7) is 7.81. The number of hydrogen-bond donors (Lipinski definition) is 0. The summed E-state index contributed by atoms with van der Waals surface area (Å²) in [7, 11) is 0. The van der Waals surface area contributed by atoms with Crippen LogP contribution < -0.4 is 4.90 Å². The Labute approximate surface area is 179 Å². The molecule has 0 spiro atoms. The highest BCUT2D eigenvalue weighted by molar-refractivity contribution is 5.73. The zero-order valence-electron chi connectivity index (χ0n) is 17.8. The van der Waals surface area contributed by atoms with Gasteiger partial charge in [-0.3, -0.25) is 4.79 Å². The van der Waals surface area contributed by atoms with E-state index in [1.54, 1.807) is 22.6 Å². The average Bonchev–Trinajstić information content (AvgIpc) is 3.08. The predicted molar refractivity (Wildman–Crippen MR) is 112 cm³/mol. The molecule has 31 heavy (non-hydrogen) atoms. The first-order valence-electron chi connectivity index (χ1n) is 10.2. The van der Waals surface area contributed by atoms with Crippen LogP contribution in [0.25, 0.3) is 5.95 Å². The standard InChI is InChI=1S/C22H24F2N6O/c1-14-10-15(2)30(27-14)22-25-19(12-17-11-18(23)4-5-20(17)24)13-21(26-22)29-8-6-28(7-9-29)16(3)31/h4-5,10-11,13H,6-9,12H2,1-3H3. The second kappa shape index (κ2) is 8.41. The summed E-state index contributed by atoms with van der Waals surface area (Å²) < 4.78 is 29.6. The molecule has 4 rings (SSSR count). The molecule has 1 amide bonds. The highest BCUT2D eigenvalue weighted by Gasteiger charge is 2.22. The van der Waals surface area contributed by atoms with E-state index in [-0.39, 0.29) is 17.9 Å². The number of nitrogens with zero attached hydrogens (tertiary/aromatic N) is 6. The van der Waals surface area contributed by atoms with Crippen molar-refractivity contribution in [3.8, 4) is 5.95 Å². The molecule has 1 aliphatic rings. The van der Waals surface area contributed by atoms with Crippen molar-refractivity contribution >= 4 is 11.7 Å². The van der Waals surface area contributed by atoms with Crippen LogP contribution in [-0.2, 0) is 11.2 Å². The van der Waals surface area contributed by atoms with E-state index in [1.807, 2.05) is 19.9 Å². The van der Waals surface area contributed by atoms with E-state index in [0.717, 1.165) is 23.5 Å². The Balaban J connectivity index is 1.71. The molecule has 1 aliphatic heterocycles. The summed E-state index contributed by atoms with van der Waals surface area (Å²) in [4.78, 5) is 24.8. The number of anilines is 1. The molecule has 0 saturated carbocycles. The highest BCUT2D eigenvalue weighted by Crippen LogP contribution is 2.21. The summed E-state index contributed by atoms with van der Waals surface area (Å²) in [5.41, 5.74) is 2.50. The fourth-order valence-electron chi connectivity index (χ4n) is 3.77. The van der Waals surface area contributed by atoms with Crippen LogP contribution in [0.4, 0.5) is 14.6 Å². The predicted octanol–water partition coefficient (Wildman–Crippen LogP) is 2.82. The van der Waals surface area contributed by atoms with Gasteiger partial charge in [-0.1, -0.05) is 0 Å². The molecule has 9 heteroatoms. The van der Waals surface area contributed by atoms with Gasteiger partial charge in [0.1, 0.15) is 17.5 Å². The minimum Gasteiger partial charge on any atom is -0.353 e. The molecular weight excluding hydrogens is 402 g/mol. The summed E-state index contributed by atoms with van der Waals surface area (Å²) >= 11 is 0. The van der Waals surface area contributed by atoms with Crippen LogP contribution in [0.1, 0.15) is 29.6 Å². The summed E-state index contributed by atoms with van der Waals surface area (Å²) in [6, 6.07) is 7.12. The highest BCUT2D eigenvalue weighted by atomic mass is 19.1. The van der Waals surface area contributed by atoms with Crippen molar-refractivity contribution in [2.24, 2.45) is 0 Å². The molecule has 162 valence electrons. The van der Waals surface area contributed by atoms with Gasteiger partial charge >= 0.3 is 0 Å². The summed E-state index contributed by atoms with van der Waals surface area (Å²) in [6.07, 6.45) is 0.124. The molecule has 3 heterocycles. The number of piperazine rings is 1. The van der Waals surface area contributed by atoms with Crippen molar-refractivity contribution in [1.29, 1.82) is 0 Å². The van der Waals surface area contributed by atoms with Gasteiger partial charge in [0.05, 0.1) is 11.4 Å². The minimum absolute atomic E-state index is 0.0490. The first kappa shape index (κ1) is 20.9. The topological polar surface area (TPSA) is 67.2 Å². The minimum atomic E-state index is -0.496. The Bertz CT molecular complexity index is 1120. The largest absolute Gasteiger partial charge is 0.353 e. The molecule has 0 radical (unpaired) electrons. The Hall–Kier alpha value is -3.36. The SMILES string of the molecule is CC(=O)N1CCN(c2cc(Cc3cc(F)ccc3F)nc(-n3nc(C)cc3C)n2)CC1. The number of halogens is 2. The number of benzene rings is 1. The normalized spacial score (nSPS) is 14.2. The molecule has 0 N–H and O–H groups in total. The molecule has 1 fully saturated rings. The molecule has 7 nitrogen and oxygen atoms in total. The molecule has 0 unspecified atom stereocenters. The van der Waals surface area contributed by atoms with Gasteiger partial charge in [-0.25, -0.2) is 18.4 Å². The Morgan fingerprint density at radius 1 is 1.03 bits per heavy atom. The number of aryl methyl sites for hydroxylation is 2. The Kier molecular flexibility index (Phi) is 5.67. The van der Waals surface area contributed by atoms with Crippen LogP contribution >= 0.6 is 0 Å². The van der Waals surface area contributed by atoms with Crippen LogP contribution in [0.2, 0.25) is 0 Å². The molecule has 0 bridgehead atoms. The molecule has 0 atom stereocenters. The van der Waals surface area contributed by atoms with Crippen molar-refractivity contribution in [1.82, 2.24) is 24.6 Å². The molecule has 0 aliphatic carbocycles. The number of hydrogen-bond acceptors (Lipinski definition) is 5. The van der Waals surface area contributed by atoms with Gasteiger partial charge in [0.15, 0.2) is 0 Å². The molecule has 3 aromatic rings. The average molecular weight is 426 g/mol. The quantitative estimate of drug-likeness (QED) is 0.642. The molecule has 1 saturated heterocycles. The number of aromatic nitrogens is 4. The third-order valence-electron chi connectivity index (χ3n) is 5.38. The fraction of sp³-hybridized carbons (Fsp3) is 0.364. The van der Waals surface area contributed by atoms with Crippen molar-refractivity contribution in [2.75, 3.05) is 31.1 Å². The van der Waals surface area contributed by atoms with Gasteiger partial charge in [0, 0.05) is 51.3 Å². The lowest BCUT2D eigenvalue weighted by Gasteiger charge is -2.35. The van der Waals surface area contributed by atoms with Crippen LogP contribution in [-0.4, -0.2) is 56.7 Å².